The lowest BCUT2D eigenvalue weighted by molar-refractivity contribution is 0.210. The first kappa shape index (κ1) is 21.9. The Morgan fingerprint density at radius 3 is 2.48 bits per heavy atom. The number of sulfonamides is 1. The molecule has 0 aliphatic carbocycles. The molecule has 7 heteroatoms. The summed E-state index contributed by atoms with van der Waals surface area (Å²) in [6.07, 6.45) is 0.695. The lowest BCUT2D eigenvalue weighted by atomic mass is 9.82. The predicted molar refractivity (Wildman–Crippen MR) is 129 cm³/mol. The summed E-state index contributed by atoms with van der Waals surface area (Å²) in [6, 6.07) is 20.5. The maximum absolute atomic E-state index is 13.8. The monoisotopic (exact) mass is 464 g/mol. The van der Waals surface area contributed by atoms with E-state index in [9.17, 15) is 13.5 Å². The lowest BCUT2D eigenvalue weighted by Crippen LogP contribution is -2.42. The minimum atomic E-state index is -3.69. The van der Waals surface area contributed by atoms with Crippen molar-refractivity contribution in [1.82, 2.24) is 4.31 Å². The molecule has 0 saturated carbocycles. The van der Waals surface area contributed by atoms with Gasteiger partial charge in [-0.2, -0.15) is 4.31 Å². The van der Waals surface area contributed by atoms with E-state index < -0.39 is 10.0 Å². The van der Waals surface area contributed by atoms with Crippen molar-refractivity contribution in [2.24, 2.45) is 5.92 Å². The fourth-order valence-corrected chi connectivity index (χ4v) is 7.12. The minimum absolute atomic E-state index is 0.00703. The number of ether oxygens (including phenoxy) is 1. The fraction of sp³-hybridized carbons (Fsp3) is 0.308. The average Bonchev–Trinajstić information content (AvgIpc) is 3.30. The van der Waals surface area contributed by atoms with E-state index in [0.29, 0.717) is 17.9 Å². The van der Waals surface area contributed by atoms with Gasteiger partial charge in [0.15, 0.2) is 0 Å². The van der Waals surface area contributed by atoms with Crippen LogP contribution in [0.15, 0.2) is 71.6 Å². The van der Waals surface area contributed by atoms with E-state index in [0.717, 1.165) is 33.7 Å². The zero-order valence-electron chi connectivity index (χ0n) is 18.7. The smallest absolute Gasteiger partial charge is 0.243 e. The summed E-state index contributed by atoms with van der Waals surface area (Å²) in [6.45, 7) is 2.21. The normalized spacial score (nSPS) is 22.3. The number of nitrogens with zero attached hydrogens (tertiary/aromatic N) is 1. The van der Waals surface area contributed by atoms with Gasteiger partial charge in [0.2, 0.25) is 10.0 Å². The molecule has 6 nitrogen and oxygen atoms in total. The molecule has 0 spiro atoms. The van der Waals surface area contributed by atoms with Crippen molar-refractivity contribution < 1.29 is 18.3 Å². The number of benzene rings is 3. The van der Waals surface area contributed by atoms with Crippen LogP contribution in [0.4, 0.5) is 5.69 Å². The summed E-state index contributed by atoms with van der Waals surface area (Å²) >= 11 is 0. The van der Waals surface area contributed by atoms with Gasteiger partial charge in [-0.3, -0.25) is 0 Å². The van der Waals surface area contributed by atoms with Gasteiger partial charge >= 0.3 is 0 Å². The first-order valence-corrected chi connectivity index (χ1v) is 12.6. The van der Waals surface area contributed by atoms with Gasteiger partial charge in [0.05, 0.1) is 30.7 Å². The van der Waals surface area contributed by atoms with Crippen molar-refractivity contribution >= 4 is 15.7 Å². The van der Waals surface area contributed by atoms with Crippen molar-refractivity contribution in [2.75, 3.05) is 25.6 Å². The highest BCUT2D eigenvalue weighted by molar-refractivity contribution is 7.89. The number of anilines is 1. The molecule has 172 valence electrons. The maximum atomic E-state index is 13.8. The number of fused-ring (bicyclic) bond motifs is 3. The second-order valence-corrected chi connectivity index (χ2v) is 10.6. The van der Waals surface area contributed by atoms with E-state index in [2.05, 4.69) is 11.4 Å². The van der Waals surface area contributed by atoms with Gasteiger partial charge in [0.25, 0.3) is 0 Å². The van der Waals surface area contributed by atoms with Crippen LogP contribution in [-0.4, -0.2) is 44.1 Å². The lowest BCUT2D eigenvalue weighted by Gasteiger charge is -2.39. The number of aliphatic hydroxyl groups excluding tert-OH is 1. The Balaban J connectivity index is 1.60. The highest BCUT2D eigenvalue weighted by atomic mass is 32.2. The topological polar surface area (TPSA) is 78.9 Å². The maximum Gasteiger partial charge on any atom is 0.243 e. The molecule has 0 bridgehead atoms. The van der Waals surface area contributed by atoms with Crippen LogP contribution in [-0.2, 0) is 10.0 Å². The molecule has 2 heterocycles. The summed E-state index contributed by atoms with van der Waals surface area (Å²) in [5.74, 6) is 0.780. The number of hydrogen-bond donors (Lipinski definition) is 2. The SMILES string of the molecule is COc1ccc(-c2ccc3c(c2)[C@H]2[C@H](CCN2S(=O)(=O)c2ccccc2C)[C@@H](CO)N3)cc1. The number of aryl methyl sites for hydroxylation is 1. The van der Waals surface area contributed by atoms with Gasteiger partial charge in [0.1, 0.15) is 5.75 Å². The molecule has 5 rings (SSSR count). The third-order valence-electron chi connectivity index (χ3n) is 6.93. The number of hydrogen-bond acceptors (Lipinski definition) is 5. The molecule has 3 atom stereocenters. The Labute approximate surface area is 194 Å². The zero-order valence-corrected chi connectivity index (χ0v) is 19.5. The van der Waals surface area contributed by atoms with Crippen LogP contribution in [0.5, 0.6) is 5.75 Å². The van der Waals surface area contributed by atoms with Crippen molar-refractivity contribution in [3.63, 3.8) is 0 Å². The second-order valence-electron chi connectivity index (χ2n) is 8.74. The number of nitrogens with one attached hydrogen (secondary N) is 1. The number of aliphatic hydroxyl groups is 1. The van der Waals surface area contributed by atoms with Crippen molar-refractivity contribution in [1.29, 1.82) is 0 Å². The second kappa shape index (κ2) is 8.48. The van der Waals surface area contributed by atoms with Gasteiger partial charge in [-0.25, -0.2) is 8.42 Å². The molecule has 0 amide bonds. The molecular formula is C26H28N2O4S. The van der Waals surface area contributed by atoms with Crippen LogP contribution in [0.25, 0.3) is 11.1 Å². The van der Waals surface area contributed by atoms with Crippen LogP contribution < -0.4 is 10.1 Å². The third-order valence-corrected chi connectivity index (χ3v) is 8.97. The van der Waals surface area contributed by atoms with Gasteiger partial charge in [0, 0.05) is 18.2 Å². The van der Waals surface area contributed by atoms with Crippen LogP contribution in [0, 0.1) is 12.8 Å². The van der Waals surface area contributed by atoms with Gasteiger partial charge < -0.3 is 15.2 Å². The summed E-state index contributed by atoms with van der Waals surface area (Å²) in [7, 11) is -2.05. The summed E-state index contributed by atoms with van der Waals surface area (Å²) < 4.78 is 34.5. The van der Waals surface area contributed by atoms with E-state index in [1.54, 1.807) is 23.5 Å². The highest BCUT2D eigenvalue weighted by Gasteiger charge is 2.48. The molecular weight excluding hydrogens is 436 g/mol. The van der Waals surface area contributed by atoms with E-state index >= 15 is 0 Å². The van der Waals surface area contributed by atoms with Crippen LogP contribution in [0.1, 0.15) is 23.6 Å². The summed E-state index contributed by atoms with van der Waals surface area (Å²) in [5.41, 5.74) is 4.61. The first-order chi connectivity index (χ1) is 15.9. The molecule has 1 fully saturated rings. The summed E-state index contributed by atoms with van der Waals surface area (Å²) in [5, 5.41) is 13.5. The Morgan fingerprint density at radius 1 is 1.06 bits per heavy atom. The molecule has 2 N–H and O–H groups in total. The van der Waals surface area contributed by atoms with Gasteiger partial charge in [-0.1, -0.05) is 36.4 Å². The Kier molecular flexibility index (Phi) is 5.64. The van der Waals surface area contributed by atoms with Crippen LogP contribution >= 0.6 is 0 Å². The standard InChI is InChI=1S/C26H28N2O4S/c1-17-5-3-4-6-25(17)33(30,31)28-14-13-21-24(16-29)27-23-12-9-19(15-22(23)26(21)28)18-7-10-20(32-2)11-8-18/h3-12,15,21,24,26-27,29H,13-14,16H2,1-2H3/t21-,24-,26-/m1/s1. The van der Waals surface area contributed by atoms with Crippen molar-refractivity contribution in [2.45, 2.75) is 30.3 Å². The Hall–Kier alpha value is -2.87. The average molecular weight is 465 g/mol. The molecule has 0 radical (unpaired) electrons. The highest BCUT2D eigenvalue weighted by Crippen LogP contribution is 2.49. The van der Waals surface area contributed by atoms with E-state index in [1.807, 2.05) is 55.5 Å². The number of methoxy groups -OCH3 is 1. The Bertz CT molecular complexity index is 1270. The largest absolute Gasteiger partial charge is 0.497 e. The van der Waals surface area contributed by atoms with Gasteiger partial charge in [-0.05, 0) is 65.9 Å². The Morgan fingerprint density at radius 2 is 1.79 bits per heavy atom. The first-order valence-electron chi connectivity index (χ1n) is 11.2. The molecule has 0 aromatic heterocycles. The molecule has 2 aliphatic heterocycles. The third kappa shape index (κ3) is 3.70. The van der Waals surface area contributed by atoms with E-state index in [-0.39, 0.29) is 24.6 Å². The van der Waals surface area contributed by atoms with Crippen LogP contribution in [0.3, 0.4) is 0 Å². The fourth-order valence-electron chi connectivity index (χ4n) is 5.23. The molecule has 1 saturated heterocycles. The van der Waals surface area contributed by atoms with Crippen molar-refractivity contribution in [3.8, 4) is 16.9 Å². The minimum Gasteiger partial charge on any atom is -0.497 e. The van der Waals surface area contributed by atoms with Crippen molar-refractivity contribution in [3.05, 3.63) is 77.9 Å². The van der Waals surface area contributed by atoms with E-state index in [4.69, 9.17) is 4.74 Å². The summed E-state index contributed by atoms with van der Waals surface area (Å²) in [4.78, 5) is 0.345. The van der Waals surface area contributed by atoms with Gasteiger partial charge in [-0.15, -0.1) is 0 Å². The quantitative estimate of drug-likeness (QED) is 0.591. The molecule has 2 aliphatic rings. The predicted octanol–water partition coefficient (Wildman–Crippen LogP) is 4.21. The molecule has 0 unspecified atom stereocenters. The molecule has 3 aromatic carbocycles. The van der Waals surface area contributed by atoms with Crippen LogP contribution in [0.2, 0.25) is 0 Å². The number of rotatable bonds is 5. The zero-order chi connectivity index (χ0) is 23.2. The van der Waals surface area contributed by atoms with E-state index in [1.165, 1.54) is 0 Å². The molecule has 33 heavy (non-hydrogen) atoms. The molecule has 3 aromatic rings.